The van der Waals surface area contributed by atoms with E-state index in [1.807, 2.05) is 0 Å². The molecule has 10 heteroatoms. The molecule has 0 aliphatic rings. The van der Waals surface area contributed by atoms with Gasteiger partial charge >= 0.3 is 5.69 Å². The number of primary amides is 1. The first-order chi connectivity index (χ1) is 12.8. The van der Waals surface area contributed by atoms with E-state index in [1.54, 1.807) is 24.3 Å². The molecule has 0 aliphatic carbocycles. The van der Waals surface area contributed by atoms with Crippen LogP contribution in [0.15, 0.2) is 45.7 Å². The van der Waals surface area contributed by atoms with Crippen molar-refractivity contribution in [3.63, 3.8) is 0 Å². The number of amides is 1. The summed E-state index contributed by atoms with van der Waals surface area (Å²) >= 11 is 3.31. The highest BCUT2D eigenvalue weighted by molar-refractivity contribution is 9.10. The van der Waals surface area contributed by atoms with E-state index < -0.39 is 28.8 Å². The number of halogens is 3. The Bertz CT molecular complexity index is 1080. The van der Waals surface area contributed by atoms with Gasteiger partial charge in [0.1, 0.15) is 18.0 Å². The van der Waals surface area contributed by atoms with Crippen molar-refractivity contribution in [1.82, 2.24) is 14.3 Å². The van der Waals surface area contributed by atoms with Crippen molar-refractivity contribution >= 4 is 21.8 Å². The highest BCUT2D eigenvalue weighted by Crippen LogP contribution is 2.23. The van der Waals surface area contributed by atoms with Crippen LogP contribution in [-0.4, -0.2) is 20.3 Å². The van der Waals surface area contributed by atoms with Crippen LogP contribution in [0.4, 0.5) is 8.78 Å². The number of benzene rings is 2. The van der Waals surface area contributed by atoms with Gasteiger partial charge in [0.2, 0.25) is 0 Å². The molecule has 3 rings (SSSR count). The van der Waals surface area contributed by atoms with Crippen LogP contribution in [0.3, 0.4) is 0 Å². The molecule has 0 fully saturated rings. The molecule has 0 spiro atoms. The third-order valence-corrected chi connectivity index (χ3v) is 4.33. The van der Waals surface area contributed by atoms with Crippen molar-refractivity contribution in [1.29, 1.82) is 0 Å². The van der Waals surface area contributed by atoms with Crippen LogP contribution in [0, 0.1) is 11.6 Å². The summed E-state index contributed by atoms with van der Waals surface area (Å²) in [5.74, 6) is -3.72. The SMILES string of the molecule is Cn1c(COc2ccc(F)c(C(N)=O)c2F)nn(-c2ccc(Br)cc2)c1=O. The number of carbonyl (C=O) groups excluding carboxylic acids is 1. The van der Waals surface area contributed by atoms with E-state index >= 15 is 0 Å². The maximum absolute atomic E-state index is 14.2. The second-order valence-electron chi connectivity index (χ2n) is 5.53. The number of nitrogens with zero attached hydrogens (tertiary/aromatic N) is 3. The Balaban J connectivity index is 1.89. The standard InChI is InChI=1S/C17H13BrF2N4O3/c1-23-13(22-24(17(23)26)10-4-2-9(18)3-5-10)8-27-12-7-6-11(19)14(15(12)20)16(21)25/h2-7H,8H2,1H3,(H2,21,25). The lowest BCUT2D eigenvalue weighted by Gasteiger charge is -2.09. The van der Waals surface area contributed by atoms with E-state index in [-0.39, 0.29) is 18.2 Å². The van der Waals surface area contributed by atoms with E-state index in [1.165, 1.54) is 16.3 Å². The number of hydrogen-bond acceptors (Lipinski definition) is 4. The zero-order valence-corrected chi connectivity index (χ0v) is 15.5. The van der Waals surface area contributed by atoms with Crippen LogP contribution in [-0.2, 0) is 13.7 Å². The van der Waals surface area contributed by atoms with Crippen molar-refractivity contribution in [2.75, 3.05) is 0 Å². The van der Waals surface area contributed by atoms with Gasteiger partial charge in [-0.1, -0.05) is 15.9 Å². The van der Waals surface area contributed by atoms with E-state index in [9.17, 15) is 18.4 Å². The van der Waals surface area contributed by atoms with Gasteiger partial charge in [0.15, 0.2) is 17.4 Å². The maximum atomic E-state index is 14.2. The minimum atomic E-state index is -1.25. The van der Waals surface area contributed by atoms with Crippen LogP contribution < -0.4 is 16.2 Å². The third-order valence-electron chi connectivity index (χ3n) is 3.80. The summed E-state index contributed by atoms with van der Waals surface area (Å²) in [6.45, 7) is -0.282. The molecule has 27 heavy (non-hydrogen) atoms. The van der Waals surface area contributed by atoms with E-state index in [2.05, 4.69) is 21.0 Å². The summed E-state index contributed by atoms with van der Waals surface area (Å²) in [5, 5.41) is 4.17. The van der Waals surface area contributed by atoms with Crippen molar-refractivity contribution in [2.45, 2.75) is 6.61 Å². The zero-order valence-electron chi connectivity index (χ0n) is 13.9. The maximum Gasteiger partial charge on any atom is 0.350 e. The average Bonchev–Trinajstić information content (AvgIpc) is 2.90. The van der Waals surface area contributed by atoms with Crippen molar-refractivity contribution in [2.24, 2.45) is 12.8 Å². The van der Waals surface area contributed by atoms with Gasteiger partial charge in [0, 0.05) is 11.5 Å². The van der Waals surface area contributed by atoms with E-state index in [0.717, 1.165) is 16.6 Å². The van der Waals surface area contributed by atoms with Crippen LogP contribution in [0.2, 0.25) is 0 Å². The molecule has 7 nitrogen and oxygen atoms in total. The van der Waals surface area contributed by atoms with Gasteiger partial charge in [-0.3, -0.25) is 9.36 Å². The molecule has 0 saturated heterocycles. The van der Waals surface area contributed by atoms with Crippen LogP contribution >= 0.6 is 15.9 Å². The molecule has 2 aromatic carbocycles. The fourth-order valence-electron chi connectivity index (χ4n) is 2.37. The molecule has 3 aromatic rings. The number of aromatic nitrogens is 3. The minimum Gasteiger partial charge on any atom is -0.482 e. The van der Waals surface area contributed by atoms with E-state index in [4.69, 9.17) is 10.5 Å². The number of carbonyl (C=O) groups is 1. The first-order valence-corrected chi connectivity index (χ1v) is 8.40. The molecule has 0 unspecified atom stereocenters. The Morgan fingerprint density at radius 3 is 2.52 bits per heavy atom. The van der Waals surface area contributed by atoms with Gasteiger partial charge in [0.05, 0.1) is 5.69 Å². The molecular weight excluding hydrogens is 426 g/mol. The summed E-state index contributed by atoms with van der Waals surface area (Å²) in [6.07, 6.45) is 0. The van der Waals surface area contributed by atoms with Crippen LogP contribution in [0.1, 0.15) is 16.2 Å². The Hall–Kier alpha value is -3.01. The Kier molecular flexibility index (Phi) is 5.08. The zero-order chi connectivity index (χ0) is 19.7. The predicted octanol–water partition coefficient (Wildman–Crippen LogP) is 2.29. The van der Waals surface area contributed by atoms with Crippen molar-refractivity contribution < 1.29 is 18.3 Å². The van der Waals surface area contributed by atoms with Crippen LogP contribution in [0.25, 0.3) is 5.69 Å². The molecule has 0 saturated carbocycles. The summed E-state index contributed by atoms with van der Waals surface area (Å²) in [4.78, 5) is 23.5. The molecular formula is C17H13BrF2N4O3. The lowest BCUT2D eigenvalue weighted by molar-refractivity contribution is 0.0991. The quantitative estimate of drug-likeness (QED) is 0.661. The van der Waals surface area contributed by atoms with Gasteiger partial charge in [-0.25, -0.2) is 13.6 Å². The van der Waals surface area contributed by atoms with Crippen LogP contribution in [0.5, 0.6) is 5.75 Å². The predicted molar refractivity (Wildman–Crippen MR) is 95.7 cm³/mol. The summed E-state index contributed by atoms with van der Waals surface area (Å²) in [7, 11) is 1.49. The number of rotatable bonds is 5. The van der Waals surface area contributed by atoms with Gasteiger partial charge in [-0.05, 0) is 36.4 Å². The average molecular weight is 439 g/mol. The smallest absolute Gasteiger partial charge is 0.350 e. The second-order valence-corrected chi connectivity index (χ2v) is 6.45. The highest BCUT2D eigenvalue weighted by atomic mass is 79.9. The molecule has 1 heterocycles. The fraction of sp³-hybridized carbons (Fsp3) is 0.118. The normalized spacial score (nSPS) is 10.8. The van der Waals surface area contributed by atoms with Crippen molar-refractivity contribution in [3.8, 4) is 11.4 Å². The number of ether oxygens (including phenoxy) is 1. The monoisotopic (exact) mass is 438 g/mol. The molecule has 1 amide bonds. The number of hydrogen-bond donors (Lipinski definition) is 1. The molecule has 2 N–H and O–H groups in total. The lowest BCUT2D eigenvalue weighted by atomic mass is 10.1. The molecule has 0 aliphatic heterocycles. The van der Waals surface area contributed by atoms with Gasteiger partial charge < -0.3 is 10.5 Å². The second kappa shape index (κ2) is 7.31. The summed E-state index contributed by atoms with van der Waals surface area (Å²) < 4.78 is 36.3. The molecule has 0 radical (unpaired) electrons. The first kappa shape index (κ1) is 18.8. The van der Waals surface area contributed by atoms with Crippen molar-refractivity contribution in [3.05, 3.63) is 74.4 Å². The topological polar surface area (TPSA) is 92.1 Å². The Morgan fingerprint density at radius 1 is 1.22 bits per heavy atom. The molecule has 0 bridgehead atoms. The minimum absolute atomic E-state index is 0.201. The fourth-order valence-corrected chi connectivity index (χ4v) is 2.63. The summed E-state index contributed by atoms with van der Waals surface area (Å²) in [5.41, 5.74) is 4.20. The molecule has 140 valence electrons. The first-order valence-electron chi connectivity index (χ1n) is 7.61. The van der Waals surface area contributed by atoms with Gasteiger partial charge in [0.25, 0.3) is 5.91 Å². The lowest BCUT2D eigenvalue weighted by Crippen LogP contribution is -2.22. The van der Waals surface area contributed by atoms with E-state index in [0.29, 0.717) is 5.69 Å². The van der Waals surface area contributed by atoms with Gasteiger partial charge in [-0.2, -0.15) is 4.68 Å². The Labute approximate surface area is 160 Å². The van der Waals surface area contributed by atoms with Gasteiger partial charge in [-0.15, -0.1) is 5.10 Å². The Morgan fingerprint density at radius 2 is 1.89 bits per heavy atom. The molecule has 1 aromatic heterocycles. The number of nitrogens with two attached hydrogens (primary N) is 1. The highest BCUT2D eigenvalue weighted by Gasteiger charge is 2.20. The largest absolute Gasteiger partial charge is 0.482 e. The third kappa shape index (κ3) is 3.61. The molecule has 0 atom stereocenters. The summed E-state index contributed by atoms with van der Waals surface area (Å²) in [6, 6.07) is 8.81.